The monoisotopic (exact) mass is 593 g/mol. The van der Waals surface area contributed by atoms with Crippen molar-refractivity contribution in [2.45, 2.75) is 52.4 Å². The molecule has 5 nitrogen and oxygen atoms in total. The fourth-order valence-electron chi connectivity index (χ4n) is 6.55. The van der Waals surface area contributed by atoms with E-state index in [4.69, 9.17) is 4.98 Å². The van der Waals surface area contributed by atoms with Gasteiger partial charge in [-0.05, 0) is 82.6 Å². The predicted octanol–water partition coefficient (Wildman–Crippen LogP) is 10.1. The van der Waals surface area contributed by atoms with E-state index >= 15 is 0 Å². The Morgan fingerprint density at radius 3 is 2.13 bits per heavy atom. The summed E-state index contributed by atoms with van der Waals surface area (Å²) in [5.41, 5.74) is 11.1. The first-order chi connectivity index (χ1) is 21.4. The second kappa shape index (κ2) is 10.4. The molecule has 2 aromatic heterocycles. The topological polar surface area (TPSA) is 27.5 Å². The largest absolute Gasteiger partial charge is 0.355 e. The van der Waals surface area contributed by atoms with Crippen molar-refractivity contribution >= 4 is 50.2 Å². The molecular weight excluding hydrogens is 550 g/mol. The number of pyridine rings is 1. The Morgan fingerprint density at radius 2 is 1.36 bits per heavy atom. The van der Waals surface area contributed by atoms with E-state index in [1.165, 1.54) is 44.5 Å². The highest BCUT2D eigenvalue weighted by Crippen LogP contribution is 2.43. The molecule has 0 N–H and O–H groups in total. The van der Waals surface area contributed by atoms with Gasteiger partial charge in [0, 0.05) is 48.1 Å². The van der Waals surface area contributed by atoms with Crippen LogP contribution >= 0.6 is 0 Å². The molecule has 4 aromatic carbocycles. The molecule has 228 valence electrons. The maximum atomic E-state index is 4.87. The molecule has 0 fully saturated rings. The summed E-state index contributed by atoms with van der Waals surface area (Å²) in [5.74, 6) is 0.946. The third-order valence-corrected chi connectivity index (χ3v) is 9.31. The molecule has 0 aliphatic carbocycles. The fraction of sp³-hybridized carbons (Fsp3) is 0.275. The number of benzene rings is 4. The number of hydrogen-bond acceptors (Lipinski definition) is 4. The molecule has 3 heterocycles. The molecule has 45 heavy (non-hydrogen) atoms. The SMILES string of the molecule is CN1CN(c2cccc(N(C)c3ccc4c5ccccc5n(-c5cc(C(C)(C)C)ccn5)c4c3)c2)c2cc(C(C)(C)C)ccc21. The summed E-state index contributed by atoms with van der Waals surface area (Å²) >= 11 is 0. The Kier molecular flexibility index (Phi) is 6.70. The number of rotatable bonds is 4. The summed E-state index contributed by atoms with van der Waals surface area (Å²) in [5, 5.41) is 2.46. The molecule has 6 aromatic rings. The van der Waals surface area contributed by atoms with Crippen molar-refractivity contribution in [1.29, 1.82) is 0 Å². The molecule has 0 saturated carbocycles. The van der Waals surface area contributed by atoms with Crippen LogP contribution in [0.15, 0.2) is 103 Å². The maximum Gasteiger partial charge on any atom is 0.137 e. The highest BCUT2D eigenvalue weighted by molar-refractivity contribution is 6.10. The molecule has 1 aliphatic heterocycles. The first-order valence-electron chi connectivity index (χ1n) is 15.9. The van der Waals surface area contributed by atoms with Crippen LogP contribution in [-0.4, -0.2) is 30.3 Å². The molecule has 5 heteroatoms. The minimum atomic E-state index is 0.0336. The summed E-state index contributed by atoms with van der Waals surface area (Å²) in [6.45, 7) is 14.4. The minimum Gasteiger partial charge on any atom is -0.355 e. The predicted molar refractivity (Wildman–Crippen MR) is 192 cm³/mol. The van der Waals surface area contributed by atoms with Gasteiger partial charge in [-0.2, -0.15) is 0 Å². The standard InChI is InChI=1S/C40H43N5/c1-39(2,3)27-16-19-35-37(22-27)44(26-42(35)7)31-13-11-12-29(24-31)43(8)30-17-18-33-32-14-9-10-15-34(32)45(36(33)25-30)38-23-28(20-21-41-38)40(4,5)6/h9-25H,26H2,1-8H3. The van der Waals surface area contributed by atoms with Crippen molar-refractivity contribution in [3.05, 3.63) is 114 Å². The molecule has 0 bridgehead atoms. The zero-order chi connectivity index (χ0) is 31.7. The third-order valence-electron chi connectivity index (χ3n) is 9.31. The van der Waals surface area contributed by atoms with Gasteiger partial charge in [0.1, 0.15) is 5.82 Å². The lowest BCUT2D eigenvalue weighted by molar-refractivity contribution is 0.588. The van der Waals surface area contributed by atoms with E-state index in [0.29, 0.717) is 0 Å². The van der Waals surface area contributed by atoms with Gasteiger partial charge in [-0.1, -0.05) is 77.9 Å². The zero-order valence-corrected chi connectivity index (χ0v) is 27.8. The van der Waals surface area contributed by atoms with E-state index in [9.17, 15) is 0 Å². The lowest BCUT2D eigenvalue weighted by Crippen LogP contribution is -2.24. The van der Waals surface area contributed by atoms with Crippen molar-refractivity contribution < 1.29 is 0 Å². The van der Waals surface area contributed by atoms with E-state index in [-0.39, 0.29) is 10.8 Å². The Hall–Kier alpha value is -4.77. The van der Waals surface area contributed by atoms with Crippen LogP contribution in [0.2, 0.25) is 0 Å². The van der Waals surface area contributed by atoms with Crippen LogP contribution in [0, 0.1) is 0 Å². The van der Waals surface area contributed by atoms with E-state index in [2.05, 4.69) is 172 Å². The molecule has 0 radical (unpaired) electrons. The van der Waals surface area contributed by atoms with Crippen LogP contribution in [0.5, 0.6) is 0 Å². The van der Waals surface area contributed by atoms with Crippen molar-refractivity contribution in [3.8, 4) is 5.82 Å². The van der Waals surface area contributed by atoms with E-state index in [1.54, 1.807) is 0 Å². The Balaban J connectivity index is 1.30. The lowest BCUT2D eigenvalue weighted by atomic mass is 9.86. The van der Waals surface area contributed by atoms with Crippen molar-refractivity contribution in [1.82, 2.24) is 9.55 Å². The maximum absolute atomic E-state index is 4.87. The van der Waals surface area contributed by atoms with Crippen LogP contribution < -0.4 is 14.7 Å². The Morgan fingerprint density at radius 1 is 0.644 bits per heavy atom. The third kappa shape index (κ3) is 5.01. The molecule has 1 aliphatic rings. The van der Waals surface area contributed by atoms with Crippen LogP contribution in [0.1, 0.15) is 52.7 Å². The van der Waals surface area contributed by atoms with Crippen molar-refractivity contribution in [2.24, 2.45) is 0 Å². The average molecular weight is 594 g/mol. The van der Waals surface area contributed by atoms with Gasteiger partial charge in [0.25, 0.3) is 0 Å². The Labute approximate surface area is 267 Å². The van der Waals surface area contributed by atoms with Crippen LogP contribution in [-0.2, 0) is 10.8 Å². The summed E-state index contributed by atoms with van der Waals surface area (Å²) in [6.07, 6.45) is 1.94. The highest BCUT2D eigenvalue weighted by Gasteiger charge is 2.27. The normalized spacial score (nSPS) is 13.6. The zero-order valence-electron chi connectivity index (χ0n) is 27.8. The van der Waals surface area contributed by atoms with E-state index < -0.39 is 0 Å². The van der Waals surface area contributed by atoms with Gasteiger partial charge in [-0.3, -0.25) is 4.57 Å². The van der Waals surface area contributed by atoms with Crippen LogP contribution in [0.3, 0.4) is 0 Å². The summed E-state index contributed by atoms with van der Waals surface area (Å²) in [4.78, 5) is 11.9. The quantitative estimate of drug-likeness (QED) is 0.203. The van der Waals surface area contributed by atoms with Gasteiger partial charge in [0.2, 0.25) is 0 Å². The van der Waals surface area contributed by atoms with E-state index in [0.717, 1.165) is 29.4 Å². The van der Waals surface area contributed by atoms with E-state index in [1.807, 2.05) is 6.20 Å². The van der Waals surface area contributed by atoms with Crippen LogP contribution in [0.25, 0.3) is 27.6 Å². The van der Waals surface area contributed by atoms with Crippen LogP contribution in [0.4, 0.5) is 28.4 Å². The summed E-state index contributed by atoms with van der Waals surface area (Å²) in [7, 11) is 4.33. The highest BCUT2D eigenvalue weighted by atomic mass is 15.4. The summed E-state index contributed by atoms with van der Waals surface area (Å²) < 4.78 is 2.32. The molecular formula is C40H43N5. The summed E-state index contributed by atoms with van der Waals surface area (Å²) in [6, 6.07) is 35.6. The van der Waals surface area contributed by atoms with Crippen molar-refractivity contribution in [2.75, 3.05) is 35.5 Å². The number of anilines is 5. The second-order valence-corrected chi connectivity index (χ2v) is 14.5. The van der Waals surface area contributed by atoms with Gasteiger partial charge < -0.3 is 14.7 Å². The first kappa shape index (κ1) is 29.0. The number of nitrogens with zero attached hydrogens (tertiary/aromatic N) is 5. The number of para-hydroxylation sites is 1. The van der Waals surface area contributed by atoms with Gasteiger partial charge >= 0.3 is 0 Å². The number of aromatic nitrogens is 2. The molecule has 0 unspecified atom stereocenters. The molecule has 0 spiro atoms. The van der Waals surface area contributed by atoms with Gasteiger partial charge in [0.15, 0.2) is 0 Å². The number of hydrogen-bond donors (Lipinski definition) is 0. The molecule has 0 atom stereocenters. The molecule has 7 rings (SSSR count). The number of fused-ring (bicyclic) bond motifs is 4. The first-order valence-corrected chi connectivity index (χ1v) is 15.9. The smallest absolute Gasteiger partial charge is 0.137 e. The molecule has 0 amide bonds. The molecule has 0 saturated heterocycles. The van der Waals surface area contributed by atoms with Crippen molar-refractivity contribution in [3.63, 3.8) is 0 Å². The second-order valence-electron chi connectivity index (χ2n) is 14.5. The van der Waals surface area contributed by atoms with Gasteiger partial charge in [-0.25, -0.2) is 4.98 Å². The average Bonchev–Trinajstić information content (AvgIpc) is 3.54. The Bertz CT molecular complexity index is 2060. The van der Waals surface area contributed by atoms with Gasteiger partial charge in [0.05, 0.1) is 29.1 Å². The lowest BCUT2D eigenvalue weighted by Gasteiger charge is -2.25. The minimum absolute atomic E-state index is 0.0336. The fourth-order valence-corrected chi connectivity index (χ4v) is 6.55. The van der Waals surface area contributed by atoms with Gasteiger partial charge in [-0.15, -0.1) is 0 Å².